The Balaban J connectivity index is 2.12. The molecule has 1 atom stereocenters. The Morgan fingerprint density at radius 3 is 2.53 bits per heavy atom. The number of hydrogen-bond donors (Lipinski definition) is 1. The zero-order chi connectivity index (χ0) is 12.0. The number of hydrogen-bond acceptors (Lipinski definition) is 2. The topological polar surface area (TPSA) is 23.5 Å². The summed E-state index contributed by atoms with van der Waals surface area (Å²) < 4.78 is 0. The lowest BCUT2D eigenvalue weighted by molar-refractivity contribution is -0.0763. The van der Waals surface area contributed by atoms with Crippen LogP contribution in [0.5, 0.6) is 0 Å². The van der Waals surface area contributed by atoms with Gasteiger partial charge in [0.1, 0.15) is 5.60 Å². The zero-order valence-corrected chi connectivity index (χ0v) is 10.3. The van der Waals surface area contributed by atoms with E-state index in [9.17, 15) is 5.11 Å². The van der Waals surface area contributed by atoms with Crippen LogP contribution in [0.15, 0.2) is 36.5 Å². The Kier molecular flexibility index (Phi) is 2.30. The molecule has 1 aromatic rings. The molecule has 0 spiro atoms. The van der Waals surface area contributed by atoms with E-state index in [1.54, 1.807) is 0 Å². The number of piperidine rings is 3. The van der Waals surface area contributed by atoms with Gasteiger partial charge in [0, 0.05) is 24.7 Å². The normalized spacial score (nSPS) is 32.0. The predicted molar refractivity (Wildman–Crippen MR) is 68.5 cm³/mol. The molecule has 0 amide bonds. The molecule has 2 nitrogen and oxygen atoms in total. The third kappa shape index (κ3) is 1.37. The van der Waals surface area contributed by atoms with Crippen molar-refractivity contribution >= 4 is 0 Å². The fraction of sp³-hybridized carbons (Fsp3) is 0.467. The Bertz CT molecular complexity index is 460. The van der Waals surface area contributed by atoms with E-state index >= 15 is 0 Å². The zero-order valence-electron chi connectivity index (χ0n) is 10.3. The Labute approximate surface area is 103 Å². The smallest absolute Gasteiger partial charge is 0.132 e. The second-order valence-corrected chi connectivity index (χ2v) is 5.29. The van der Waals surface area contributed by atoms with Gasteiger partial charge in [-0.25, -0.2) is 0 Å². The van der Waals surface area contributed by atoms with Crippen molar-refractivity contribution in [3.8, 4) is 0 Å². The maximum absolute atomic E-state index is 11.1. The van der Waals surface area contributed by atoms with E-state index in [4.69, 9.17) is 0 Å². The van der Waals surface area contributed by atoms with Gasteiger partial charge >= 0.3 is 0 Å². The van der Waals surface area contributed by atoms with Crippen LogP contribution in [0.3, 0.4) is 0 Å². The summed E-state index contributed by atoms with van der Waals surface area (Å²) in [4.78, 5) is 2.24. The third-order valence-electron chi connectivity index (χ3n) is 4.46. The van der Waals surface area contributed by atoms with Crippen LogP contribution in [-0.4, -0.2) is 23.1 Å². The van der Waals surface area contributed by atoms with Crippen molar-refractivity contribution in [3.05, 3.63) is 47.7 Å². The molecule has 1 aromatic carbocycles. The van der Waals surface area contributed by atoms with Crippen LogP contribution in [0.2, 0.25) is 0 Å². The highest BCUT2D eigenvalue weighted by atomic mass is 16.3. The van der Waals surface area contributed by atoms with Crippen LogP contribution in [0, 0.1) is 12.8 Å². The van der Waals surface area contributed by atoms with Gasteiger partial charge in [-0.1, -0.05) is 30.8 Å². The first-order valence-corrected chi connectivity index (χ1v) is 6.37. The first kappa shape index (κ1) is 10.8. The summed E-state index contributed by atoms with van der Waals surface area (Å²) in [6.07, 6.45) is 2.15. The van der Waals surface area contributed by atoms with Crippen LogP contribution in [-0.2, 0) is 5.60 Å². The molecule has 0 aromatic heterocycles. The molecule has 90 valence electrons. The van der Waals surface area contributed by atoms with E-state index in [0.29, 0.717) is 5.92 Å². The van der Waals surface area contributed by atoms with Gasteiger partial charge in [-0.15, -0.1) is 0 Å². The lowest BCUT2D eigenvalue weighted by Gasteiger charge is -2.53. The highest BCUT2D eigenvalue weighted by Crippen LogP contribution is 2.48. The van der Waals surface area contributed by atoms with E-state index in [1.807, 2.05) is 18.2 Å². The van der Waals surface area contributed by atoms with Crippen molar-refractivity contribution in [1.82, 2.24) is 4.90 Å². The third-order valence-corrected chi connectivity index (χ3v) is 4.46. The number of fused-ring (bicyclic) bond motifs is 3. The average Bonchev–Trinajstić information content (AvgIpc) is 2.36. The largest absolute Gasteiger partial charge is 0.379 e. The molecule has 3 fully saturated rings. The highest BCUT2D eigenvalue weighted by molar-refractivity contribution is 5.40. The first-order chi connectivity index (χ1) is 8.14. The fourth-order valence-corrected chi connectivity index (χ4v) is 3.42. The molecule has 3 aliphatic heterocycles. The predicted octanol–water partition coefficient (Wildman–Crippen LogP) is 2.42. The van der Waals surface area contributed by atoms with Crippen molar-refractivity contribution in [2.75, 3.05) is 13.1 Å². The molecule has 2 heteroatoms. The molecule has 17 heavy (non-hydrogen) atoms. The molecule has 0 radical (unpaired) electrons. The molecule has 0 saturated carbocycles. The van der Waals surface area contributed by atoms with Gasteiger partial charge < -0.3 is 10.0 Å². The second-order valence-electron chi connectivity index (χ2n) is 5.29. The number of aliphatic hydroxyl groups is 1. The minimum absolute atomic E-state index is 0.334. The Morgan fingerprint density at radius 2 is 1.94 bits per heavy atom. The number of nitrogens with zero attached hydrogens (tertiary/aromatic N) is 1. The lowest BCUT2D eigenvalue weighted by atomic mass is 9.69. The summed E-state index contributed by atoms with van der Waals surface area (Å²) in [5.74, 6) is 0.334. The summed E-state index contributed by atoms with van der Waals surface area (Å²) in [5, 5.41) is 11.1. The van der Waals surface area contributed by atoms with E-state index in [-0.39, 0.29) is 0 Å². The molecule has 0 unspecified atom stereocenters. The van der Waals surface area contributed by atoms with Gasteiger partial charge in [0.15, 0.2) is 0 Å². The molecule has 2 bridgehead atoms. The quantitative estimate of drug-likeness (QED) is 0.799. The van der Waals surface area contributed by atoms with E-state index in [1.165, 1.54) is 0 Å². The number of rotatable bonds is 1. The molecular weight excluding hydrogens is 210 g/mol. The number of benzene rings is 1. The maximum Gasteiger partial charge on any atom is 0.132 e. The molecule has 3 heterocycles. The lowest BCUT2D eigenvalue weighted by Crippen LogP contribution is -2.55. The van der Waals surface area contributed by atoms with Gasteiger partial charge in [0.25, 0.3) is 0 Å². The molecular formula is C15H19NO. The standard InChI is InChI=1S/C15H19NO/c1-11-5-3-4-6-14(11)15(17)12(2)16-9-7-13(15)8-10-16/h3-6,13,17H,2,7-10H2,1H3/t15-/m0/s1. The molecule has 1 N–H and O–H groups in total. The summed E-state index contributed by atoms with van der Waals surface area (Å²) in [6, 6.07) is 8.14. The first-order valence-electron chi connectivity index (χ1n) is 6.37. The van der Waals surface area contributed by atoms with Crippen LogP contribution >= 0.6 is 0 Å². The molecule has 3 aliphatic rings. The van der Waals surface area contributed by atoms with Gasteiger partial charge in [0.2, 0.25) is 0 Å². The van der Waals surface area contributed by atoms with Crippen LogP contribution in [0.4, 0.5) is 0 Å². The maximum atomic E-state index is 11.1. The summed E-state index contributed by atoms with van der Waals surface area (Å²) in [5.41, 5.74) is 2.26. The van der Waals surface area contributed by atoms with E-state index in [2.05, 4.69) is 24.5 Å². The van der Waals surface area contributed by atoms with Crippen molar-refractivity contribution < 1.29 is 5.11 Å². The van der Waals surface area contributed by atoms with Crippen molar-refractivity contribution in [2.24, 2.45) is 5.92 Å². The Hall–Kier alpha value is -1.28. The van der Waals surface area contributed by atoms with Gasteiger partial charge in [0.05, 0.1) is 0 Å². The molecule has 4 rings (SSSR count). The second kappa shape index (κ2) is 3.61. The van der Waals surface area contributed by atoms with Crippen molar-refractivity contribution in [2.45, 2.75) is 25.4 Å². The van der Waals surface area contributed by atoms with Crippen LogP contribution in [0.25, 0.3) is 0 Å². The summed E-state index contributed by atoms with van der Waals surface area (Å²) in [6.45, 7) is 8.32. The Morgan fingerprint density at radius 1 is 1.29 bits per heavy atom. The summed E-state index contributed by atoms with van der Waals surface area (Å²) >= 11 is 0. The molecule has 3 saturated heterocycles. The number of aryl methyl sites for hydroxylation is 1. The molecule has 0 aliphatic carbocycles. The van der Waals surface area contributed by atoms with Gasteiger partial charge in [-0.3, -0.25) is 0 Å². The highest BCUT2D eigenvalue weighted by Gasteiger charge is 2.49. The average molecular weight is 229 g/mol. The minimum atomic E-state index is -0.832. The monoisotopic (exact) mass is 229 g/mol. The van der Waals surface area contributed by atoms with Gasteiger partial charge in [-0.05, 0) is 30.9 Å². The van der Waals surface area contributed by atoms with Crippen LogP contribution < -0.4 is 0 Å². The van der Waals surface area contributed by atoms with Crippen LogP contribution in [0.1, 0.15) is 24.0 Å². The summed E-state index contributed by atoms with van der Waals surface area (Å²) in [7, 11) is 0. The van der Waals surface area contributed by atoms with Gasteiger partial charge in [-0.2, -0.15) is 0 Å². The SMILES string of the molecule is C=C1N2CCC(CC2)[C@]1(O)c1ccccc1C. The van der Waals surface area contributed by atoms with E-state index in [0.717, 1.165) is 42.8 Å². The van der Waals surface area contributed by atoms with E-state index < -0.39 is 5.60 Å². The minimum Gasteiger partial charge on any atom is -0.379 e. The fourth-order valence-electron chi connectivity index (χ4n) is 3.42. The van der Waals surface area contributed by atoms with Crippen molar-refractivity contribution in [1.29, 1.82) is 0 Å². The van der Waals surface area contributed by atoms with Crippen molar-refractivity contribution in [3.63, 3.8) is 0 Å².